The van der Waals surface area contributed by atoms with Gasteiger partial charge < -0.3 is 15.1 Å². The number of amides is 2. The van der Waals surface area contributed by atoms with E-state index in [2.05, 4.69) is 10.6 Å². The van der Waals surface area contributed by atoms with Crippen molar-refractivity contribution in [3.8, 4) is 0 Å². The summed E-state index contributed by atoms with van der Waals surface area (Å²) < 4.78 is 5.03. The van der Waals surface area contributed by atoms with Crippen molar-refractivity contribution in [2.45, 2.75) is 13.5 Å². The SMILES string of the molecule is Cc1ccc(C(=O)C(=O)NCc2ccc(NC(=O)c3ccco3)cc2)cc1. The summed E-state index contributed by atoms with van der Waals surface area (Å²) in [5, 5.41) is 5.31. The Balaban J connectivity index is 1.53. The van der Waals surface area contributed by atoms with Crippen molar-refractivity contribution in [3.05, 3.63) is 89.4 Å². The highest BCUT2D eigenvalue weighted by Gasteiger charge is 2.15. The van der Waals surface area contributed by atoms with Crippen LogP contribution in [0.25, 0.3) is 0 Å². The molecule has 0 saturated carbocycles. The molecule has 0 aliphatic rings. The predicted molar refractivity (Wildman–Crippen MR) is 100 cm³/mol. The lowest BCUT2D eigenvalue weighted by Gasteiger charge is -2.07. The molecule has 0 aliphatic heterocycles. The number of Topliss-reactive ketones (excluding diaryl/α,β-unsaturated/α-hetero) is 1. The van der Waals surface area contributed by atoms with Gasteiger partial charge in [-0.2, -0.15) is 0 Å². The van der Waals surface area contributed by atoms with Crippen LogP contribution in [0.15, 0.2) is 71.3 Å². The number of hydrogen-bond acceptors (Lipinski definition) is 4. The topological polar surface area (TPSA) is 88.4 Å². The highest BCUT2D eigenvalue weighted by molar-refractivity contribution is 6.42. The third kappa shape index (κ3) is 4.70. The summed E-state index contributed by atoms with van der Waals surface area (Å²) in [6, 6.07) is 17.0. The van der Waals surface area contributed by atoms with Crippen molar-refractivity contribution < 1.29 is 18.8 Å². The maximum atomic E-state index is 12.1. The van der Waals surface area contributed by atoms with Gasteiger partial charge in [-0.3, -0.25) is 14.4 Å². The minimum atomic E-state index is -0.658. The highest BCUT2D eigenvalue weighted by atomic mass is 16.3. The van der Waals surface area contributed by atoms with Gasteiger partial charge in [0.2, 0.25) is 5.78 Å². The molecular weight excluding hydrogens is 344 g/mol. The fourth-order valence-corrected chi connectivity index (χ4v) is 2.41. The van der Waals surface area contributed by atoms with Gasteiger partial charge in [0.25, 0.3) is 11.8 Å². The van der Waals surface area contributed by atoms with E-state index in [-0.39, 0.29) is 18.2 Å². The second-order valence-electron chi connectivity index (χ2n) is 6.01. The van der Waals surface area contributed by atoms with Gasteiger partial charge >= 0.3 is 0 Å². The Hall–Kier alpha value is -3.67. The van der Waals surface area contributed by atoms with Crippen LogP contribution in [0, 0.1) is 6.92 Å². The zero-order chi connectivity index (χ0) is 19.2. The van der Waals surface area contributed by atoms with Gasteiger partial charge in [-0.25, -0.2) is 0 Å². The molecular formula is C21H18N2O4. The first-order valence-electron chi connectivity index (χ1n) is 8.36. The Kier molecular flexibility index (Phi) is 5.47. The summed E-state index contributed by atoms with van der Waals surface area (Å²) in [4.78, 5) is 36.0. The number of aryl methyl sites for hydroxylation is 1. The number of carbonyl (C=O) groups is 3. The molecule has 2 amide bonds. The highest BCUT2D eigenvalue weighted by Crippen LogP contribution is 2.12. The lowest BCUT2D eigenvalue weighted by molar-refractivity contribution is -0.117. The lowest BCUT2D eigenvalue weighted by atomic mass is 10.1. The van der Waals surface area contributed by atoms with E-state index >= 15 is 0 Å². The molecule has 0 fully saturated rings. The Morgan fingerprint density at radius 2 is 1.63 bits per heavy atom. The van der Waals surface area contributed by atoms with Crippen LogP contribution in [0.5, 0.6) is 0 Å². The van der Waals surface area contributed by atoms with Crippen molar-refractivity contribution in [1.82, 2.24) is 5.32 Å². The lowest BCUT2D eigenvalue weighted by Crippen LogP contribution is -2.30. The molecule has 27 heavy (non-hydrogen) atoms. The molecule has 0 radical (unpaired) electrons. The molecule has 2 aromatic carbocycles. The fourth-order valence-electron chi connectivity index (χ4n) is 2.41. The van der Waals surface area contributed by atoms with Crippen molar-refractivity contribution in [2.75, 3.05) is 5.32 Å². The summed E-state index contributed by atoms with van der Waals surface area (Å²) in [6.45, 7) is 2.12. The van der Waals surface area contributed by atoms with Gasteiger partial charge in [-0.05, 0) is 36.8 Å². The molecule has 0 aliphatic carbocycles. The minimum Gasteiger partial charge on any atom is -0.459 e. The molecule has 3 aromatic rings. The fraction of sp³-hybridized carbons (Fsp3) is 0.0952. The van der Waals surface area contributed by atoms with E-state index in [1.165, 1.54) is 6.26 Å². The minimum absolute atomic E-state index is 0.211. The van der Waals surface area contributed by atoms with Gasteiger partial charge in [0.05, 0.1) is 6.26 Å². The van der Waals surface area contributed by atoms with Gasteiger partial charge in [-0.1, -0.05) is 42.0 Å². The van der Waals surface area contributed by atoms with Crippen molar-refractivity contribution in [3.63, 3.8) is 0 Å². The number of anilines is 1. The maximum Gasteiger partial charge on any atom is 0.292 e. The number of hydrogen-bond donors (Lipinski definition) is 2. The first kappa shape index (κ1) is 18.1. The summed E-state index contributed by atoms with van der Waals surface area (Å²) in [6.07, 6.45) is 1.43. The first-order valence-corrected chi connectivity index (χ1v) is 8.36. The molecule has 136 valence electrons. The van der Waals surface area contributed by atoms with Crippen molar-refractivity contribution in [2.24, 2.45) is 0 Å². The van der Waals surface area contributed by atoms with Crippen LogP contribution in [-0.2, 0) is 11.3 Å². The Morgan fingerprint density at radius 3 is 2.26 bits per heavy atom. The molecule has 6 heteroatoms. The average molecular weight is 362 g/mol. The number of rotatable bonds is 6. The molecule has 1 aromatic heterocycles. The zero-order valence-corrected chi connectivity index (χ0v) is 14.7. The number of ketones is 1. The molecule has 2 N–H and O–H groups in total. The van der Waals surface area contributed by atoms with Crippen LogP contribution in [0.2, 0.25) is 0 Å². The Morgan fingerprint density at radius 1 is 0.926 bits per heavy atom. The standard InChI is InChI=1S/C21H18N2O4/c1-14-4-8-16(9-5-14)19(24)21(26)22-13-15-6-10-17(11-7-15)23-20(25)18-3-2-12-27-18/h2-12H,13H2,1H3,(H,22,26)(H,23,25). The van der Waals surface area contributed by atoms with E-state index in [0.29, 0.717) is 11.3 Å². The van der Waals surface area contributed by atoms with Crippen molar-refractivity contribution >= 4 is 23.3 Å². The van der Waals surface area contributed by atoms with Gasteiger partial charge in [0, 0.05) is 17.8 Å². The van der Waals surface area contributed by atoms with Crippen molar-refractivity contribution in [1.29, 1.82) is 0 Å². The average Bonchev–Trinajstić information content (AvgIpc) is 3.22. The van der Waals surface area contributed by atoms with Crippen LogP contribution in [0.3, 0.4) is 0 Å². The third-order valence-corrected chi connectivity index (χ3v) is 3.93. The van der Waals surface area contributed by atoms with Crippen LogP contribution >= 0.6 is 0 Å². The molecule has 3 rings (SSSR count). The van der Waals surface area contributed by atoms with Crippen LogP contribution in [0.4, 0.5) is 5.69 Å². The van der Waals surface area contributed by atoms with Gasteiger partial charge in [-0.15, -0.1) is 0 Å². The second-order valence-corrected chi connectivity index (χ2v) is 6.01. The summed E-state index contributed by atoms with van der Waals surface area (Å²) >= 11 is 0. The van der Waals surface area contributed by atoms with E-state index in [0.717, 1.165) is 11.1 Å². The van der Waals surface area contributed by atoms with Crippen LogP contribution in [0.1, 0.15) is 32.0 Å². The smallest absolute Gasteiger partial charge is 0.292 e. The molecule has 0 atom stereocenters. The number of benzene rings is 2. The number of nitrogens with one attached hydrogen (secondary N) is 2. The molecule has 0 unspecified atom stereocenters. The Labute approximate surface area is 156 Å². The maximum absolute atomic E-state index is 12.1. The molecule has 1 heterocycles. The summed E-state index contributed by atoms with van der Waals surface area (Å²) in [5.74, 6) is -1.35. The number of furan rings is 1. The van der Waals surface area contributed by atoms with Gasteiger partial charge in [0.1, 0.15) is 0 Å². The van der Waals surface area contributed by atoms with E-state index in [1.54, 1.807) is 60.7 Å². The predicted octanol–water partition coefficient (Wildman–Crippen LogP) is 3.34. The molecule has 0 spiro atoms. The molecule has 0 bridgehead atoms. The Bertz CT molecular complexity index is 943. The molecule has 6 nitrogen and oxygen atoms in total. The first-order chi connectivity index (χ1) is 13.0. The van der Waals surface area contributed by atoms with E-state index in [9.17, 15) is 14.4 Å². The van der Waals surface area contributed by atoms with E-state index in [1.807, 2.05) is 6.92 Å². The molecule has 0 saturated heterocycles. The summed E-state index contributed by atoms with van der Waals surface area (Å²) in [5.41, 5.74) is 2.78. The van der Waals surface area contributed by atoms with E-state index in [4.69, 9.17) is 4.42 Å². The quantitative estimate of drug-likeness (QED) is 0.520. The monoisotopic (exact) mass is 362 g/mol. The zero-order valence-electron chi connectivity index (χ0n) is 14.7. The van der Waals surface area contributed by atoms with Gasteiger partial charge in [0.15, 0.2) is 5.76 Å². The second kappa shape index (κ2) is 8.14. The largest absolute Gasteiger partial charge is 0.459 e. The van der Waals surface area contributed by atoms with Crippen LogP contribution in [-0.4, -0.2) is 17.6 Å². The summed E-state index contributed by atoms with van der Waals surface area (Å²) in [7, 11) is 0. The normalized spacial score (nSPS) is 10.3. The van der Waals surface area contributed by atoms with Crippen LogP contribution < -0.4 is 10.6 Å². The third-order valence-electron chi connectivity index (χ3n) is 3.93. The number of carbonyl (C=O) groups excluding carboxylic acids is 3. The van der Waals surface area contributed by atoms with E-state index < -0.39 is 11.7 Å².